The third kappa shape index (κ3) is 4.94. The Labute approximate surface area is 221 Å². The van der Waals surface area contributed by atoms with Gasteiger partial charge in [-0.05, 0) is 94.1 Å². The van der Waals surface area contributed by atoms with Gasteiger partial charge < -0.3 is 24.0 Å². The molecule has 0 radical (unpaired) electrons. The van der Waals surface area contributed by atoms with E-state index in [2.05, 4.69) is 19.9 Å². The minimum absolute atomic E-state index is 0.107. The molecular formula is C29H33ClN4O3. The van der Waals surface area contributed by atoms with Gasteiger partial charge in [-0.15, -0.1) is 0 Å². The highest BCUT2D eigenvalue weighted by molar-refractivity contribution is 6.31. The zero-order valence-electron chi connectivity index (χ0n) is 21.2. The predicted octanol–water partition coefficient (Wildman–Crippen LogP) is 6.24. The maximum atomic E-state index is 13.5. The molecule has 6 rings (SSSR count). The lowest BCUT2D eigenvalue weighted by Gasteiger charge is -2.38. The molecule has 1 amide bonds. The van der Waals surface area contributed by atoms with Gasteiger partial charge in [0.05, 0.1) is 12.8 Å². The number of ether oxygens (including phenoxy) is 1. The summed E-state index contributed by atoms with van der Waals surface area (Å²) in [5.74, 6) is 1.30. The van der Waals surface area contributed by atoms with E-state index in [0.717, 1.165) is 91.6 Å². The summed E-state index contributed by atoms with van der Waals surface area (Å²) in [4.78, 5) is 21.5. The molecule has 2 aromatic heterocycles. The second-order valence-electron chi connectivity index (χ2n) is 10.4. The molecule has 2 aliphatic rings. The topological polar surface area (TPSA) is 74.6 Å². The van der Waals surface area contributed by atoms with Crippen LogP contribution in [0, 0.1) is 0 Å². The van der Waals surface area contributed by atoms with Crippen LogP contribution >= 0.6 is 11.6 Å². The molecule has 4 aromatic rings. The van der Waals surface area contributed by atoms with E-state index in [9.17, 15) is 4.79 Å². The molecule has 194 valence electrons. The number of aromatic nitrogens is 2. The Morgan fingerprint density at radius 3 is 2.81 bits per heavy atom. The summed E-state index contributed by atoms with van der Waals surface area (Å²) in [6.07, 6.45) is 6.44. The summed E-state index contributed by atoms with van der Waals surface area (Å²) in [6.45, 7) is 3.90. The monoisotopic (exact) mass is 520 g/mol. The maximum Gasteiger partial charge on any atom is 0.270 e. The number of nitrogens with zero attached hydrogens (tertiary/aromatic N) is 3. The molecule has 1 unspecified atom stereocenters. The van der Waals surface area contributed by atoms with Gasteiger partial charge >= 0.3 is 0 Å². The van der Waals surface area contributed by atoms with Crippen molar-refractivity contribution in [3.8, 4) is 5.75 Å². The summed E-state index contributed by atoms with van der Waals surface area (Å²) in [5.41, 5.74) is 3.47. The fourth-order valence-corrected chi connectivity index (χ4v) is 6.23. The SMILES string of the molecule is COc1ccc2[nH]c(C(=O)N3CCCCC3CCN3CCC(c4noc5ccc(Cl)cc45)CC3)cc2c1. The van der Waals surface area contributed by atoms with Crippen molar-refractivity contribution in [3.05, 3.63) is 58.9 Å². The van der Waals surface area contributed by atoms with Crippen molar-refractivity contribution in [1.29, 1.82) is 0 Å². The second-order valence-corrected chi connectivity index (χ2v) is 10.8. The molecule has 2 saturated heterocycles. The standard InChI is InChI=1S/C29H33ClN4O3/c1-36-23-6-7-25-20(16-23)17-26(31-25)29(35)34-12-3-2-4-22(34)11-15-33-13-9-19(10-14-33)28-24-18-21(30)5-8-27(24)37-32-28/h5-8,16-19,22,31H,2-4,9-15H2,1H3. The van der Waals surface area contributed by atoms with E-state index in [-0.39, 0.29) is 11.9 Å². The summed E-state index contributed by atoms with van der Waals surface area (Å²) in [5, 5.41) is 7.14. The number of hydrogen-bond acceptors (Lipinski definition) is 5. The van der Waals surface area contributed by atoms with Crippen molar-refractivity contribution in [2.24, 2.45) is 0 Å². The summed E-state index contributed by atoms with van der Waals surface area (Å²) in [6, 6.07) is 13.8. The third-order valence-corrected chi connectivity index (χ3v) is 8.39. The minimum Gasteiger partial charge on any atom is -0.497 e. The number of rotatable bonds is 6. The van der Waals surface area contributed by atoms with E-state index in [1.165, 1.54) is 6.42 Å². The van der Waals surface area contributed by atoms with Crippen LogP contribution in [0.4, 0.5) is 0 Å². The van der Waals surface area contributed by atoms with E-state index in [0.29, 0.717) is 16.6 Å². The van der Waals surface area contributed by atoms with Crippen LogP contribution in [0.1, 0.15) is 60.6 Å². The van der Waals surface area contributed by atoms with E-state index < -0.39 is 0 Å². The van der Waals surface area contributed by atoms with Gasteiger partial charge in [0.15, 0.2) is 5.58 Å². The normalized spacial score (nSPS) is 19.6. The van der Waals surface area contributed by atoms with E-state index in [1.54, 1.807) is 7.11 Å². The maximum absolute atomic E-state index is 13.5. The molecule has 2 aliphatic heterocycles. The van der Waals surface area contributed by atoms with Crippen molar-refractivity contribution < 1.29 is 14.1 Å². The molecule has 4 heterocycles. The lowest BCUT2D eigenvalue weighted by molar-refractivity contribution is 0.0572. The number of aromatic amines is 1. The van der Waals surface area contributed by atoms with Gasteiger partial charge in [-0.1, -0.05) is 16.8 Å². The number of halogens is 1. The van der Waals surface area contributed by atoms with Crippen molar-refractivity contribution >= 4 is 39.4 Å². The highest BCUT2D eigenvalue weighted by Crippen LogP contribution is 2.34. The first-order chi connectivity index (χ1) is 18.1. The van der Waals surface area contributed by atoms with Crippen molar-refractivity contribution in [2.75, 3.05) is 33.3 Å². The molecule has 1 N–H and O–H groups in total. The number of piperidine rings is 2. The number of nitrogens with one attached hydrogen (secondary N) is 1. The van der Waals surface area contributed by atoms with Crippen LogP contribution in [0.5, 0.6) is 5.75 Å². The Morgan fingerprint density at radius 2 is 1.97 bits per heavy atom. The average Bonchev–Trinajstić information content (AvgIpc) is 3.55. The Bertz CT molecular complexity index is 1400. The summed E-state index contributed by atoms with van der Waals surface area (Å²) in [7, 11) is 1.66. The van der Waals surface area contributed by atoms with Crippen LogP contribution in [0.2, 0.25) is 5.02 Å². The molecular weight excluding hydrogens is 488 g/mol. The number of benzene rings is 2. The summed E-state index contributed by atoms with van der Waals surface area (Å²) < 4.78 is 10.9. The number of fused-ring (bicyclic) bond motifs is 2. The number of hydrogen-bond donors (Lipinski definition) is 1. The van der Waals surface area contributed by atoms with Gasteiger partial charge in [0.1, 0.15) is 11.4 Å². The highest BCUT2D eigenvalue weighted by Gasteiger charge is 2.30. The van der Waals surface area contributed by atoms with Crippen molar-refractivity contribution in [2.45, 2.75) is 50.5 Å². The lowest BCUT2D eigenvalue weighted by atomic mass is 9.91. The number of carbonyl (C=O) groups is 1. The second kappa shape index (κ2) is 10.4. The number of amides is 1. The number of likely N-dealkylation sites (tertiary alicyclic amines) is 2. The van der Waals surface area contributed by atoms with Crippen LogP contribution in [-0.2, 0) is 0 Å². The molecule has 0 spiro atoms. The van der Waals surface area contributed by atoms with Crippen LogP contribution in [0.15, 0.2) is 47.0 Å². The van der Waals surface area contributed by atoms with Crippen LogP contribution in [-0.4, -0.2) is 65.2 Å². The molecule has 2 aromatic carbocycles. The van der Waals surface area contributed by atoms with E-state index in [1.807, 2.05) is 42.5 Å². The van der Waals surface area contributed by atoms with Gasteiger partial charge in [-0.3, -0.25) is 4.79 Å². The Morgan fingerprint density at radius 1 is 1.11 bits per heavy atom. The first-order valence-electron chi connectivity index (χ1n) is 13.3. The molecule has 0 aliphatic carbocycles. The van der Waals surface area contributed by atoms with Gasteiger partial charge in [-0.25, -0.2) is 0 Å². The van der Waals surface area contributed by atoms with Crippen LogP contribution < -0.4 is 4.74 Å². The van der Waals surface area contributed by atoms with Gasteiger partial charge in [0.25, 0.3) is 5.91 Å². The fraction of sp³-hybridized carbons (Fsp3) is 0.448. The first-order valence-corrected chi connectivity index (χ1v) is 13.7. The Kier molecular flexibility index (Phi) is 6.82. The predicted molar refractivity (Wildman–Crippen MR) is 146 cm³/mol. The lowest BCUT2D eigenvalue weighted by Crippen LogP contribution is -2.46. The van der Waals surface area contributed by atoms with Crippen LogP contribution in [0.3, 0.4) is 0 Å². The Hall–Kier alpha value is -3.03. The van der Waals surface area contributed by atoms with E-state index >= 15 is 0 Å². The molecule has 0 saturated carbocycles. The molecule has 2 fully saturated rings. The molecule has 7 nitrogen and oxygen atoms in total. The van der Waals surface area contributed by atoms with E-state index in [4.69, 9.17) is 20.9 Å². The van der Waals surface area contributed by atoms with Gasteiger partial charge in [0.2, 0.25) is 0 Å². The van der Waals surface area contributed by atoms with Gasteiger partial charge in [-0.2, -0.15) is 0 Å². The number of carbonyl (C=O) groups excluding carboxylic acids is 1. The highest BCUT2D eigenvalue weighted by atomic mass is 35.5. The average molecular weight is 521 g/mol. The fourth-order valence-electron chi connectivity index (χ4n) is 6.06. The molecule has 8 heteroatoms. The number of methoxy groups -OCH3 is 1. The first kappa shape index (κ1) is 24.3. The molecule has 1 atom stereocenters. The quantitative estimate of drug-likeness (QED) is 0.326. The zero-order valence-corrected chi connectivity index (χ0v) is 22.0. The van der Waals surface area contributed by atoms with Gasteiger partial charge in [0, 0.05) is 46.4 Å². The Balaban J connectivity index is 1.07. The third-order valence-electron chi connectivity index (χ3n) is 8.16. The summed E-state index contributed by atoms with van der Waals surface area (Å²) >= 11 is 6.22. The molecule has 0 bridgehead atoms. The smallest absolute Gasteiger partial charge is 0.270 e. The van der Waals surface area contributed by atoms with Crippen LogP contribution in [0.25, 0.3) is 21.9 Å². The largest absolute Gasteiger partial charge is 0.497 e. The van der Waals surface area contributed by atoms with Crippen molar-refractivity contribution in [3.63, 3.8) is 0 Å². The molecule has 37 heavy (non-hydrogen) atoms. The number of H-pyrrole nitrogens is 1. The zero-order chi connectivity index (χ0) is 25.4. The minimum atomic E-state index is 0.107. The van der Waals surface area contributed by atoms with Crippen molar-refractivity contribution in [1.82, 2.24) is 19.9 Å².